The molecule has 0 unspecified atom stereocenters. The van der Waals surface area contributed by atoms with Crippen molar-refractivity contribution in [3.63, 3.8) is 0 Å². The number of anilines is 1. The standard InChI is InChI=1S/C18H13FIN3O2/c1-10-7-16(24)23-17(21-10)11-3-2-4-13(8-11)22-18(25)14-6-5-12(19)9-15(14)20/h2-9H,1H3,(H,22,25)(H,21,23,24). The van der Waals surface area contributed by atoms with Crippen molar-refractivity contribution in [3.05, 3.63) is 79.5 Å². The van der Waals surface area contributed by atoms with Gasteiger partial charge in [0.2, 0.25) is 0 Å². The number of H-pyrrole nitrogens is 1. The summed E-state index contributed by atoms with van der Waals surface area (Å²) in [7, 11) is 0. The minimum atomic E-state index is -0.391. The number of nitrogens with zero attached hydrogens (tertiary/aromatic N) is 1. The van der Waals surface area contributed by atoms with Gasteiger partial charge in [-0.15, -0.1) is 0 Å². The SMILES string of the molecule is Cc1cc(=O)[nH]c(-c2cccc(NC(=O)c3ccc(F)cc3I)c2)n1. The second kappa shape index (κ2) is 7.14. The number of aryl methyl sites for hydroxylation is 1. The molecule has 3 rings (SSSR count). The lowest BCUT2D eigenvalue weighted by Crippen LogP contribution is -2.14. The Morgan fingerprint density at radius 3 is 2.72 bits per heavy atom. The number of carbonyl (C=O) groups excluding carboxylic acids is 1. The van der Waals surface area contributed by atoms with Crippen LogP contribution in [0.15, 0.2) is 53.3 Å². The quantitative estimate of drug-likeness (QED) is 0.599. The van der Waals surface area contributed by atoms with Crippen molar-refractivity contribution in [2.45, 2.75) is 6.92 Å². The van der Waals surface area contributed by atoms with Gasteiger partial charge in [0.15, 0.2) is 0 Å². The van der Waals surface area contributed by atoms with Crippen molar-refractivity contribution >= 4 is 34.2 Å². The van der Waals surface area contributed by atoms with Crippen LogP contribution >= 0.6 is 22.6 Å². The van der Waals surface area contributed by atoms with Crippen molar-refractivity contribution < 1.29 is 9.18 Å². The molecule has 0 bridgehead atoms. The third kappa shape index (κ3) is 4.11. The van der Waals surface area contributed by atoms with E-state index < -0.39 is 5.82 Å². The van der Waals surface area contributed by atoms with Crippen molar-refractivity contribution in [3.8, 4) is 11.4 Å². The van der Waals surface area contributed by atoms with Gasteiger partial charge in [0.1, 0.15) is 11.6 Å². The number of nitrogens with one attached hydrogen (secondary N) is 2. The highest BCUT2D eigenvalue weighted by atomic mass is 127. The number of hydrogen-bond donors (Lipinski definition) is 2. The van der Waals surface area contributed by atoms with Crippen LogP contribution in [0.25, 0.3) is 11.4 Å². The number of amides is 1. The minimum absolute atomic E-state index is 0.238. The summed E-state index contributed by atoms with van der Waals surface area (Å²) in [6.07, 6.45) is 0. The Bertz CT molecular complexity index is 1020. The molecule has 1 aromatic heterocycles. The van der Waals surface area contributed by atoms with E-state index in [0.29, 0.717) is 31.9 Å². The van der Waals surface area contributed by atoms with Crippen molar-refractivity contribution in [2.75, 3.05) is 5.32 Å². The van der Waals surface area contributed by atoms with E-state index in [9.17, 15) is 14.0 Å². The smallest absolute Gasteiger partial charge is 0.256 e. The molecule has 0 fully saturated rings. The molecule has 0 spiro atoms. The van der Waals surface area contributed by atoms with Crippen LogP contribution in [0.4, 0.5) is 10.1 Å². The van der Waals surface area contributed by atoms with Gasteiger partial charge in [0.05, 0.1) is 5.56 Å². The molecule has 1 amide bonds. The fraction of sp³-hybridized carbons (Fsp3) is 0.0556. The molecule has 0 radical (unpaired) electrons. The van der Waals surface area contributed by atoms with Crippen molar-refractivity contribution in [1.82, 2.24) is 9.97 Å². The Hall–Kier alpha value is -2.55. The highest BCUT2D eigenvalue weighted by molar-refractivity contribution is 14.1. The van der Waals surface area contributed by atoms with Crippen LogP contribution in [-0.2, 0) is 0 Å². The number of aromatic amines is 1. The summed E-state index contributed by atoms with van der Waals surface area (Å²) in [6, 6.07) is 12.4. The third-order valence-electron chi connectivity index (χ3n) is 3.44. The van der Waals surface area contributed by atoms with E-state index >= 15 is 0 Å². The largest absolute Gasteiger partial charge is 0.322 e. The summed E-state index contributed by atoms with van der Waals surface area (Å²) >= 11 is 1.92. The third-order valence-corrected chi connectivity index (χ3v) is 4.33. The van der Waals surface area contributed by atoms with E-state index in [1.165, 1.54) is 24.3 Å². The second-order valence-corrected chi connectivity index (χ2v) is 6.56. The number of carbonyl (C=O) groups is 1. The first-order chi connectivity index (χ1) is 11.9. The average molecular weight is 449 g/mol. The molecule has 7 heteroatoms. The molecular weight excluding hydrogens is 436 g/mol. The zero-order valence-corrected chi connectivity index (χ0v) is 15.3. The van der Waals surface area contributed by atoms with E-state index in [0.717, 1.165) is 0 Å². The summed E-state index contributed by atoms with van der Waals surface area (Å²) in [6.45, 7) is 1.74. The van der Waals surface area contributed by atoms with Crippen LogP contribution in [0, 0.1) is 16.3 Å². The fourth-order valence-corrected chi connectivity index (χ4v) is 3.05. The fourth-order valence-electron chi connectivity index (χ4n) is 2.33. The Kier molecular flexibility index (Phi) is 4.93. The van der Waals surface area contributed by atoms with Crippen LogP contribution in [0.3, 0.4) is 0 Å². The molecule has 0 aliphatic rings. The predicted molar refractivity (Wildman–Crippen MR) is 102 cm³/mol. The van der Waals surface area contributed by atoms with Gasteiger partial charge in [-0.2, -0.15) is 0 Å². The average Bonchev–Trinajstić information content (AvgIpc) is 2.54. The number of aromatic nitrogens is 2. The second-order valence-electron chi connectivity index (χ2n) is 5.39. The molecule has 1 heterocycles. The summed E-state index contributed by atoms with van der Waals surface area (Å²) in [5, 5.41) is 2.77. The minimum Gasteiger partial charge on any atom is -0.322 e. The topological polar surface area (TPSA) is 74.8 Å². The molecule has 0 saturated carbocycles. The molecule has 3 aromatic rings. The molecule has 2 aromatic carbocycles. The van der Waals surface area contributed by atoms with Gasteiger partial charge in [-0.1, -0.05) is 12.1 Å². The zero-order valence-electron chi connectivity index (χ0n) is 13.1. The molecular formula is C18H13FIN3O2. The first kappa shape index (κ1) is 17.3. The molecule has 25 heavy (non-hydrogen) atoms. The summed E-state index contributed by atoms with van der Waals surface area (Å²) in [5.74, 6) is -0.304. The van der Waals surface area contributed by atoms with Gasteiger partial charge < -0.3 is 10.3 Å². The molecule has 2 N–H and O–H groups in total. The highest BCUT2D eigenvalue weighted by Crippen LogP contribution is 2.21. The number of hydrogen-bond acceptors (Lipinski definition) is 3. The van der Waals surface area contributed by atoms with Crippen LogP contribution < -0.4 is 10.9 Å². The van der Waals surface area contributed by atoms with Crippen LogP contribution in [0.2, 0.25) is 0 Å². The first-order valence-corrected chi connectivity index (χ1v) is 8.45. The summed E-state index contributed by atoms with van der Waals surface area (Å²) in [4.78, 5) is 31.0. The van der Waals surface area contributed by atoms with E-state index in [2.05, 4.69) is 15.3 Å². The Morgan fingerprint density at radius 2 is 2.00 bits per heavy atom. The number of benzene rings is 2. The van der Waals surface area contributed by atoms with E-state index in [-0.39, 0.29) is 11.5 Å². The lowest BCUT2D eigenvalue weighted by Gasteiger charge is -2.09. The molecule has 0 aliphatic carbocycles. The maximum Gasteiger partial charge on any atom is 0.256 e. The molecule has 5 nitrogen and oxygen atoms in total. The van der Waals surface area contributed by atoms with Gasteiger partial charge >= 0.3 is 0 Å². The van der Waals surface area contributed by atoms with Crippen LogP contribution in [0.5, 0.6) is 0 Å². The monoisotopic (exact) mass is 449 g/mol. The molecule has 0 atom stereocenters. The van der Waals surface area contributed by atoms with E-state index in [1.54, 1.807) is 31.2 Å². The van der Waals surface area contributed by atoms with Crippen LogP contribution in [0.1, 0.15) is 16.1 Å². The number of rotatable bonds is 3. The molecule has 0 saturated heterocycles. The van der Waals surface area contributed by atoms with Crippen molar-refractivity contribution in [2.24, 2.45) is 0 Å². The maximum atomic E-state index is 13.2. The van der Waals surface area contributed by atoms with E-state index in [4.69, 9.17) is 0 Å². The van der Waals surface area contributed by atoms with Crippen molar-refractivity contribution in [1.29, 1.82) is 0 Å². The van der Waals surface area contributed by atoms with Gasteiger partial charge in [0, 0.05) is 26.6 Å². The normalized spacial score (nSPS) is 10.5. The highest BCUT2D eigenvalue weighted by Gasteiger charge is 2.12. The summed E-state index contributed by atoms with van der Waals surface area (Å²) in [5.41, 5.74) is 1.97. The molecule has 0 aliphatic heterocycles. The summed E-state index contributed by atoms with van der Waals surface area (Å²) < 4.78 is 13.7. The molecule has 126 valence electrons. The van der Waals surface area contributed by atoms with Crippen LogP contribution in [-0.4, -0.2) is 15.9 Å². The number of halogens is 2. The first-order valence-electron chi connectivity index (χ1n) is 7.37. The predicted octanol–water partition coefficient (Wildman–Crippen LogP) is 3.74. The lowest BCUT2D eigenvalue weighted by molar-refractivity contribution is 0.102. The van der Waals surface area contributed by atoms with E-state index in [1.807, 2.05) is 22.6 Å². The Morgan fingerprint density at radius 1 is 1.20 bits per heavy atom. The van der Waals surface area contributed by atoms with Gasteiger partial charge in [-0.25, -0.2) is 9.37 Å². The van der Waals surface area contributed by atoms with Gasteiger partial charge in [-0.3, -0.25) is 9.59 Å². The van der Waals surface area contributed by atoms with Gasteiger partial charge in [0.25, 0.3) is 11.5 Å². The maximum absolute atomic E-state index is 13.2. The Balaban J connectivity index is 1.89. The Labute approximate surface area is 156 Å². The van der Waals surface area contributed by atoms with Gasteiger partial charge in [-0.05, 0) is 59.8 Å². The zero-order chi connectivity index (χ0) is 18.0. The lowest BCUT2D eigenvalue weighted by atomic mass is 10.1.